The summed E-state index contributed by atoms with van der Waals surface area (Å²) in [5.41, 5.74) is 3.63. The van der Waals surface area contributed by atoms with Crippen LogP contribution in [-0.4, -0.2) is 26.1 Å². The largest absolute Gasteiger partial charge is 0.504 e. The summed E-state index contributed by atoms with van der Waals surface area (Å²) < 4.78 is 19.0. The number of halogens is 1. The minimum Gasteiger partial charge on any atom is -0.504 e. The summed E-state index contributed by atoms with van der Waals surface area (Å²) in [5.74, 6) is -0.923. The van der Waals surface area contributed by atoms with Crippen molar-refractivity contribution < 1.29 is 18.7 Å². The third kappa shape index (κ3) is 4.95. The van der Waals surface area contributed by atoms with Crippen LogP contribution in [0.1, 0.15) is 38.6 Å². The van der Waals surface area contributed by atoms with Crippen LogP contribution in [0.4, 0.5) is 4.39 Å². The number of aryl methyl sites for hydroxylation is 2. The first-order chi connectivity index (χ1) is 15.1. The number of allylic oxidation sites excluding steroid dienone is 1. The monoisotopic (exact) mass is 417 g/mol. The van der Waals surface area contributed by atoms with E-state index in [1.807, 2.05) is 30.3 Å². The Labute approximate surface area is 178 Å². The van der Waals surface area contributed by atoms with E-state index in [-0.39, 0.29) is 23.2 Å². The number of hydrogen-bond donors (Lipinski definition) is 2. The maximum absolute atomic E-state index is 13.3. The normalized spacial score (nSPS) is 11.6. The molecule has 0 aliphatic rings. The Hall–Kier alpha value is -4.00. The SMILES string of the molecule is O=C(C=C(O)c1ncn[nH]1)c1occ(CCc2ccccc2)c1Cc1ccc(F)cc1. The highest BCUT2D eigenvalue weighted by atomic mass is 19.1. The highest BCUT2D eigenvalue weighted by Gasteiger charge is 2.20. The van der Waals surface area contributed by atoms with Gasteiger partial charge in [-0.15, -0.1) is 0 Å². The second kappa shape index (κ2) is 9.21. The van der Waals surface area contributed by atoms with E-state index in [2.05, 4.69) is 15.2 Å². The van der Waals surface area contributed by atoms with Gasteiger partial charge in [0.15, 0.2) is 17.3 Å². The number of ketones is 1. The summed E-state index contributed by atoms with van der Waals surface area (Å²) in [6, 6.07) is 16.1. The van der Waals surface area contributed by atoms with Crippen molar-refractivity contribution in [2.45, 2.75) is 19.3 Å². The van der Waals surface area contributed by atoms with E-state index >= 15 is 0 Å². The molecular weight excluding hydrogens is 397 g/mol. The maximum atomic E-state index is 13.3. The van der Waals surface area contributed by atoms with Gasteiger partial charge in [0.1, 0.15) is 12.1 Å². The fourth-order valence-corrected chi connectivity index (χ4v) is 3.35. The minimum absolute atomic E-state index is 0.0873. The van der Waals surface area contributed by atoms with Gasteiger partial charge in [-0.3, -0.25) is 9.89 Å². The summed E-state index contributed by atoms with van der Waals surface area (Å²) in [6.07, 6.45) is 5.72. The summed E-state index contributed by atoms with van der Waals surface area (Å²) in [6.45, 7) is 0. The topological polar surface area (TPSA) is 92.0 Å². The molecule has 2 heterocycles. The number of aromatic nitrogens is 3. The van der Waals surface area contributed by atoms with Crippen molar-refractivity contribution in [3.63, 3.8) is 0 Å². The molecule has 0 spiro atoms. The van der Waals surface area contributed by atoms with Crippen molar-refractivity contribution in [3.8, 4) is 0 Å². The average molecular weight is 417 g/mol. The lowest BCUT2D eigenvalue weighted by Crippen LogP contribution is -2.03. The second-order valence-electron chi connectivity index (χ2n) is 7.09. The van der Waals surface area contributed by atoms with Crippen LogP contribution >= 0.6 is 0 Å². The molecule has 0 atom stereocenters. The lowest BCUT2D eigenvalue weighted by molar-refractivity contribution is 0.102. The number of carbonyl (C=O) groups is 1. The summed E-state index contributed by atoms with van der Waals surface area (Å²) >= 11 is 0. The molecule has 4 rings (SSSR count). The van der Waals surface area contributed by atoms with Gasteiger partial charge in [-0.2, -0.15) is 5.10 Å². The molecule has 156 valence electrons. The zero-order valence-corrected chi connectivity index (χ0v) is 16.6. The number of aliphatic hydroxyl groups excluding tert-OH is 1. The van der Waals surface area contributed by atoms with Crippen molar-refractivity contribution in [3.05, 3.63) is 113 Å². The fraction of sp³-hybridized carbons (Fsp3) is 0.125. The van der Waals surface area contributed by atoms with E-state index in [0.717, 1.165) is 23.6 Å². The van der Waals surface area contributed by atoms with Crippen LogP contribution in [0.3, 0.4) is 0 Å². The number of H-pyrrole nitrogens is 1. The number of nitrogens with zero attached hydrogens (tertiary/aromatic N) is 2. The molecule has 2 aromatic carbocycles. The van der Waals surface area contributed by atoms with Gasteiger partial charge in [0.05, 0.1) is 6.26 Å². The smallest absolute Gasteiger partial charge is 0.225 e. The number of furan rings is 1. The Morgan fingerprint density at radius 2 is 1.84 bits per heavy atom. The van der Waals surface area contributed by atoms with Crippen LogP contribution in [0, 0.1) is 5.82 Å². The number of aliphatic hydroxyl groups is 1. The van der Waals surface area contributed by atoms with E-state index in [9.17, 15) is 14.3 Å². The van der Waals surface area contributed by atoms with E-state index in [0.29, 0.717) is 18.4 Å². The van der Waals surface area contributed by atoms with Crippen LogP contribution < -0.4 is 0 Å². The molecule has 0 aliphatic carbocycles. The molecule has 0 amide bonds. The van der Waals surface area contributed by atoms with Gasteiger partial charge in [0, 0.05) is 18.1 Å². The Morgan fingerprint density at radius 3 is 2.55 bits per heavy atom. The molecule has 0 radical (unpaired) electrons. The highest BCUT2D eigenvalue weighted by molar-refractivity contribution is 6.06. The molecule has 7 heteroatoms. The maximum Gasteiger partial charge on any atom is 0.225 e. The van der Waals surface area contributed by atoms with E-state index in [1.54, 1.807) is 18.4 Å². The first-order valence-electron chi connectivity index (χ1n) is 9.78. The van der Waals surface area contributed by atoms with Crippen molar-refractivity contribution in [2.75, 3.05) is 0 Å². The predicted molar refractivity (Wildman–Crippen MR) is 113 cm³/mol. The zero-order valence-electron chi connectivity index (χ0n) is 16.6. The van der Waals surface area contributed by atoms with E-state index < -0.39 is 5.78 Å². The number of nitrogens with one attached hydrogen (secondary N) is 1. The predicted octanol–water partition coefficient (Wildman–Crippen LogP) is 4.69. The van der Waals surface area contributed by atoms with Crippen LogP contribution in [-0.2, 0) is 19.3 Å². The van der Waals surface area contributed by atoms with Crippen molar-refractivity contribution in [1.82, 2.24) is 15.2 Å². The lowest BCUT2D eigenvalue weighted by Gasteiger charge is -2.06. The molecule has 0 saturated carbocycles. The Bertz CT molecular complexity index is 1180. The molecule has 4 aromatic rings. The minimum atomic E-state index is -0.489. The van der Waals surface area contributed by atoms with Crippen molar-refractivity contribution >= 4 is 11.5 Å². The molecule has 2 aromatic heterocycles. The van der Waals surface area contributed by atoms with Gasteiger partial charge in [-0.1, -0.05) is 42.5 Å². The molecule has 0 fully saturated rings. The lowest BCUT2D eigenvalue weighted by atomic mass is 9.96. The molecule has 0 saturated heterocycles. The zero-order chi connectivity index (χ0) is 21.6. The Morgan fingerprint density at radius 1 is 1.06 bits per heavy atom. The van der Waals surface area contributed by atoms with Gasteiger partial charge in [0.25, 0.3) is 0 Å². The van der Waals surface area contributed by atoms with Gasteiger partial charge in [0.2, 0.25) is 5.78 Å². The first kappa shape index (κ1) is 20.3. The standard InChI is InChI=1S/C24H20FN3O3/c25-19-10-7-17(8-11-19)12-20-18(9-6-16-4-2-1-3-5-16)14-31-23(20)21(29)13-22(30)24-26-15-27-28-24/h1-5,7-8,10-11,13-15,30H,6,9,12H2,(H,26,27,28). The highest BCUT2D eigenvalue weighted by Crippen LogP contribution is 2.25. The average Bonchev–Trinajstić information content (AvgIpc) is 3.45. The first-order valence-corrected chi connectivity index (χ1v) is 9.78. The Balaban J connectivity index is 1.63. The van der Waals surface area contributed by atoms with Crippen LogP contribution in [0.5, 0.6) is 0 Å². The van der Waals surface area contributed by atoms with E-state index in [4.69, 9.17) is 4.42 Å². The number of hydrogen-bond acceptors (Lipinski definition) is 5. The number of rotatable bonds is 8. The third-order valence-electron chi connectivity index (χ3n) is 4.95. The van der Waals surface area contributed by atoms with Gasteiger partial charge in [-0.05, 0) is 41.7 Å². The summed E-state index contributed by atoms with van der Waals surface area (Å²) in [4.78, 5) is 16.7. The summed E-state index contributed by atoms with van der Waals surface area (Å²) in [7, 11) is 0. The molecule has 31 heavy (non-hydrogen) atoms. The molecule has 0 aliphatic heterocycles. The third-order valence-corrected chi connectivity index (χ3v) is 4.95. The molecule has 0 unspecified atom stereocenters. The molecular formula is C24H20FN3O3. The quantitative estimate of drug-likeness (QED) is 0.246. The molecule has 0 bridgehead atoms. The van der Waals surface area contributed by atoms with Crippen molar-refractivity contribution in [2.24, 2.45) is 0 Å². The van der Waals surface area contributed by atoms with E-state index in [1.165, 1.54) is 24.0 Å². The Kier molecular flexibility index (Phi) is 6.03. The van der Waals surface area contributed by atoms with Gasteiger partial charge in [-0.25, -0.2) is 9.37 Å². The number of aromatic amines is 1. The second-order valence-corrected chi connectivity index (χ2v) is 7.09. The number of carbonyl (C=O) groups excluding carboxylic acids is 1. The van der Waals surface area contributed by atoms with Gasteiger partial charge >= 0.3 is 0 Å². The molecule has 2 N–H and O–H groups in total. The van der Waals surface area contributed by atoms with Crippen LogP contribution in [0.2, 0.25) is 0 Å². The van der Waals surface area contributed by atoms with Gasteiger partial charge < -0.3 is 9.52 Å². The fourth-order valence-electron chi connectivity index (χ4n) is 3.35. The number of benzene rings is 2. The van der Waals surface area contributed by atoms with Crippen molar-refractivity contribution in [1.29, 1.82) is 0 Å². The summed E-state index contributed by atoms with van der Waals surface area (Å²) in [5, 5.41) is 16.3. The molecule has 6 nitrogen and oxygen atoms in total. The van der Waals surface area contributed by atoms with Crippen LogP contribution in [0.15, 0.2) is 77.7 Å². The van der Waals surface area contributed by atoms with Crippen LogP contribution in [0.25, 0.3) is 5.76 Å².